The molecule has 0 radical (unpaired) electrons. The Balaban J connectivity index is 1.86. The van der Waals surface area contributed by atoms with Gasteiger partial charge < -0.3 is 5.73 Å². The van der Waals surface area contributed by atoms with Gasteiger partial charge in [0.15, 0.2) is 0 Å². The van der Waals surface area contributed by atoms with Crippen LogP contribution in [0.2, 0.25) is 0 Å². The fourth-order valence-electron chi connectivity index (χ4n) is 4.03. The standard InChI is InChI=1S/C15H20N2O3/c1-2-3-4-10(13(16)18)17-14(19)11-8-5-6-9(7-8)12(11)15(17)20/h5-6,8-12H,2-4,7H2,1H3,(H2,16,18)/t8-,9-,10+,11+,12+/m0/s1. The van der Waals surface area contributed by atoms with Crippen molar-refractivity contribution in [3.63, 3.8) is 0 Å². The van der Waals surface area contributed by atoms with E-state index in [1.165, 1.54) is 4.90 Å². The lowest BCUT2D eigenvalue weighted by Crippen LogP contribution is -2.49. The highest BCUT2D eigenvalue weighted by Gasteiger charge is 2.60. The molecule has 108 valence electrons. The summed E-state index contributed by atoms with van der Waals surface area (Å²) in [4.78, 5) is 37.9. The van der Waals surface area contributed by atoms with Crippen LogP contribution in [-0.4, -0.2) is 28.7 Å². The van der Waals surface area contributed by atoms with Crippen LogP contribution in [0.25, 0.3) is 0 Å². The largest absolute Gasteiger partial charge is 0.368 e. The Morgan fingerprint density at radius 1 is 1.30 bits per heavy atom. The second kappa shape index (κ2) is 4.72. The van der Waals surface area contributed by atoms with Crippen molar-refractivity contribution in [1.29, 1.82) is 0 Å². The van der Waals surface area contributed by atoms with E-state index < -0.39 is 11.9 Å². The van der Waals surface area contributed by atoms with Crippen LogP contribution < -0.4 is 5.73 Å². The molecule has 1 saturated carbocycles. The van der Waals surface area contributed by atoms with E-state index in [4.69, 9.17) is 5.73 Å². The molecule has 2 N–H and O–H groups in total. The van der Waals surface area contributed by atoms with Gasteiger partial charge >= 0.3 is 0 Å². The van der Waals surface area contributed by atoms with Crippen LogP contribution in [0.3, 0.4) is 0 Å². The van der Waals surface area contributed by atoms with Crippen molar-refractivity contribution >= 4 is 17.7 Å². The molecule has 20 heavy (non-hydrogen) atoms. The summed E-state index contributed by atoms with van der Waals surface area (Å²) in [7, 11) is 0. The average molecular weight is 276 g/mol. The summed E-state index contributed by atoms with van der Waals surface area (Å²) in [5, 5.41) is 0. The molecule has 3 amide bonds. The van der Waals surface area contributed by atoms with Crippen LogP contribution in [-0.2, 0) is 14.4 Å². The number of hydrogen-bond donors (Lipinski definition) is 1. The highest BCUT2D eigenvalue weighted by Crippen LogP contribution is 2.52. The zero-order chi connectivity index (χ0) is 14.4. The number of nitrogens with zero attached hydrogens (tertiary/aromatic N) is 1. The second-order valence-electron chi connectivity index (χ2n) is 6.11. The van der Waals surface area contributed by atoms with E-state index in [-0.39, 0.29) is 35.5 Å². The second-order valence-corrected chi connectivity index (χ2v) is 6.11. The third kappa shape index (κ3) is 1.72. The third-order valence-electron chi connectivity index (χ3n) is 4.98. The first kappa shape index (κ1) is 13.3. The normalized spacial score (nSPS) is 35.8. The first-order valence-electron chi connectivity index (χ1n) is 7.40. The fourth-order valence-corrected chi connectivity index (χ4v) is 4.03. The van der Waals surface area contributed by atoms with Crippen molar-refractivity contribution < 1.29 is 14.4 Å². The summed E-state index contributed by atoms with van der Waals surface area (Å²) in [6.45, 7) is 2.00. The Morgan fingerprint density at radius 3 is 2.30 bits per heavy atom. The van der Waals surface area contributed by atoms with Gasteiger partial charge in [0.05, 0.1) is 11.8 Å². The maximum Gasteiger partial charge on any atom is 0.240 e. The Labute approximate surface area is 118 Å². The summed E-state index contributed by atoms with van der Waals surface area (Å²) in [6, 6.07) is -0.764. The molecule has 0 aromatic rings. The number of allylic oxidation sites excluding steroid dienone is 2. The summed E-state index contributed by atoms with van der Waals surface area (Å²) in [5.41, 5.74) is 5.42. The lowest BCUT2D eigenvalue weighted by molar-refractivity contribution is -0.148. The SMILES string of the molecule is CCCC[C@H](C(N)=O)N1C(=O)[C@H]2[C@H](C1=O)[C@H]1C=C[C@H]2C1. The average Bonchev–Trinajstić information content (AvgIpc) is 3.07. The van der Waals surface area contributed by atoms with E-state index in [9.17, 15) is 14.4 Å². The molecule has 5 atom stereocenters. The number of imide groups is 1. The highest BCUT2D eigenvalue weighted by molar-refractivity contribution is 6.09. The van der Waals surface area contributed by atoms with Crippen LogP contribution >= 0.6 is 0 Å². The van der Waals surface area contributed by atoms with E-state index in [2.05, 4.69) is 0 Å². The number of nitrogens with two attached hydrogens (primary N) is 1. The zero-order valence-corrected chi connectivity index (χ0v) is 11.6. The lowest BCUT2D eigenvalue weighted by Gasteiger charge is -2.25. The minimum Gasteiger partial charge on any atom is -0.368 e. The quantitative estimate of drug-likeness (QED) is 0.597. The van der Waals surface area contributed by atoms with Gasteiger partial charge in [-0.05, 0) is 24.7 Å². The molecule has 2 aliphatic carbocycles. The van der Waals surface area contributed by atoms with Gasteiger partial charge in [-0.2, -0.15) is 0 Å². The molecule has 1 heterocycles. The maximum absolute atomic E-state index is 12.6. The fraction of sp³-hybridized carbons (Fsp3) is 0.667. The summed E-state index contributed by atoms with van der Waals surface area (Å²) in [5.74, 6) is -1.09. The van der Waals surface area contributed by atoms with Crippen LogP contribution in [0.15, 0.2) is 12.2 Å². The molecule has 0 unspecified atom stereocenters. The molecule has 3 aliphatic rings. The number of carbonyl (C=O) groups is 3. The van der Waals surface area contributed by atoms with Gasteiger partial charge in [-0.25, -0.2) is 0 Å². The number of amides is 3. The minimum atomic E-state index is -0.764. The van der Waals surface area contributed by atoms with Gasteiger partial charge in [-0.1, -0.05) is 31.9 Å². The summed E-state index contributed by atoms with van der Waals surface area (Å²) >= 11 is 0. The number of unbranched alkanes of at least 4 members (excludes halogenated alkanes) is 1. The van der Waals surface area contributed by atoms with Crippen molar-refractivity contribution in [3.05, 3.63) is 12.2 Å². The number of fused-ring (bicyclic) bond motifs is 5. The molecular weight excluding hydrogens is 256 g/mol. The van der Waals surface area contributed by atoms with Crippen molar-refractivity contribution in [3.8, 4) is 0 Å². The van der Waals surface area contributed by atoms with Crippen LogP contribution in [0, 0.1) is 23.7 Å². The molecule has 0 spiro atoms. The Hall–Kier alpha value is -1.65. The van der Waals surface area contributed by atoms with E-state index in [0.717, 1.165) is 19.3 Å². The van der Waals surface area contributed by atoms with Gasteiger partial charge in [-0.3, -0.25) is 19.3 Å². The minimum absolute atomic E-state index is 0.172. The number of likely N-dealkylation sites (tertiary alicyclic amines) is 1. The van der Waals surface area contributed by atoms with Gasteiger partial charge in [0.25, 0.3) is 0 Å². The van der Waals surface area contributed by atoms with Crippen LogP contribution in [0.4, 0.5) is 0 Å². The van der Waals surface area contributed by atoms with E-state index >= 15 is 0 Å². The Kier molecular flexibility index (Phi) is 3.15. The number of primary amides is 1. The van der Waals surface area contributed by atoms with Gasteiger partial charge in [-0.15, -0.1) is 0 Å². The summed E-state index contributed by atoms with van der Waals surface area (Å²) < 4.78 is 0. The number of hydrogen-bond acceptors (Lipinski definition) is 3. The van der Waals surface area contributed by atoms with Crippen LogP contribution in [0.1, 0.15) is 32.6 Å². The molecule has 5 nitrogen and oxygen atoms in total. The van der Waals surface area contributed by atoms with E-state index in [1.54, 1.807) is 0 Å². The van der Waals surface area contributed by atoms with Crippen molar-refractivity contribution in [2.24, 2.45) is 29.4 Å². The molecule has 1 aliphatic heterocycles. The van der Waals surface area contributed by atoms with Gasteiger partial charge in [0.1, 0.15) is 6.04 Å². The molecule has 5 heteroatoms. The van der Waals surface area contributed by atoms with Crippen molar-refractivity contribution in [1.82, 2.24) is 4.90 Å². The third-order valence-corrected chi connectivity index (χ3v) is 4.98. The lowest BCUT2D eigenvalue weighted by atomic mass is 9.85. The molecule has 1 saturated heterocycles. The smallest absolute Gasteiger partial charge is 0.240 e. The zero-order valence-electron chi connectivity index (χ0n) is 11.6. The predicted molar refractivity (Wildman–Crippen MR) is 72.1 cm³/mol. The first-order valence-corrected chi connectivity index (χ1v) is 7.40. The molecule has 0 aromatic carbocycles. The summed E-state index contributed by atoms with van der Waals surface area (Å²) in [6.07, 6.45) is 7.16. The van der Waals surface area contributed by atoms with E-state index in [1.807, 2.05) is 19.1 Å². The molecular formula is C15H20N2O3. The monoisotopic (exact) mass is 276 g/mol. The predicted octanol–water partition coefficient (Wildman–Crippen LogP) is 0.838. The topological polar surface area (TPSA) is 80.5 Å². The number of rotatable bonds is 5. The van der Waals surface area contributed by atoms with Gasteiger partial charge in [0, 0.05) is 0 Å². The van der Waals surface area contributed by atoms with E-state index in [0.29, 0.717) is 6.42 Å². The molecule has 2 bridgehead atoms. The van der Waals surface area contributed by atoms with Gasteiger partial charge in [0.2, 0.25) is 17.7 Å². The molecule has 3 rings (SSSR count). The van der Waals surface area contributed by atoms with Crippen LogP contribution in [0.5, 0.6) is 0 Å². The van der Waals surface area contributed by atoms with Crippen molar-refractivity contribution in [2.45, 2.75) is 38.6 Å². The molecule has 2 fully saturated rings. The maximum atomic E-state index is 12.6. The number of carbonyl (C=O) groups excluding carboxylic acids is 3. The highest BCUT2D eigenvalue weighted by atomic mass is 16.2. The Morgan fingerprint density at radius 2 is 1.85 bits per heavy atom. The molecule has 0 aromatic heterocycles. The Bertz CT molecular complexity index is 469. The van der Waals surface area contributed by atoms with Crippen molar-refractivity contribution in [2.75, 3.05) is 0 Å². The first-order chi connectivity index (χ1) is 9.56.